The van der Waals surface area contributed by atoms with Crippen LogP contribution in [0, 0.1) is 0 Å². The van der Waals surface area contributed by atoms with Crippen LogP contribution in [0.4, 0.5) is 11.4 Å². The Bertz CT molecular complexity index is 1190. The van der Waals surface area contributed by atoms with Gasteiger partial charge < -0.3 is 10.1 Å². The molecular weight excluding hydrogens is 412 g/mol. The molecule has 1 heterocycles. The zero-order valence-electron chi connectivity index (χ0n) is 17.4. The van der Waals surface area contributed by atoms with Gasteiger partial charge in [-0.25, -0.2) is 8.42 Å². The maximum Gasteiger partial charge on any atom is 0.255 e. The molecule has 1 atom stereocenters. The van der Waals surface area contributed by atoms with Crippen molar-refractivity contribution in [3.63, 3.8) is 0 Å². The van der Waals surface area contributed by atoms with Crippen molar-refractivity contribution in [3.8, 4) is 11.5 Å². The Labute approximate surface area is 182 Å². The van der Waals surface area contributed by atoms with E-state index in [2.05, 4.69) is 5.32 Å². The van der Waals surface area contributed by atoms with E-state index in [0.29, 0.717) is 29.1 Å². The molecule has 0 saturated carbocycles. The molecular formula is C24H24N2O4S. The second kappa shape index (κ2) is 8.43. The van der Waals surface area contributed by atoms with Crippen molar-refractivity contribution in [2.45, 2.75) is 26.3 Å². The van der Waals surface area contributed by atoms with Crippen LogP contribution in [0.1, 0.15) is 29.8 Å². The summed E-state index contributed by atoms with van der Waals surface area (Å²) in [6.45, 7) is 3.52. The molecule has 1 N–H and O–H groups in total. The third kappa shape index (κ3) is 4.41. The second-order valence-electron chi connectivity index (χ2n) is 7.49. The van der Waals surface area contributed by atoms with E-state index >= 15 is 0 Å². The molecule has 7 heteroatoms. The van der Waals surface area contributed by atoms with E-state index in [1.165, 1.54) is 4.31 Å². The number of hydrogen-bond acceptors (Lipinski definition) is 4. The molecule has 0 bridgehead atoms. The number of anilines is 2. The minimum absolute atomic E-state index is 0.0446. The van der Waals surface area contributed by atoms with Crippen LogP contribution in [0.2, 0.25) is 0 Å². The fraction of sp³-hybridized carbons (Fsp3) is 0.208. The van der Waals surface area contributed by atoms with Gasteiger partial charge in [0.15, 0.2) is 0 Å². The van der Waals surface area contributed by atoms with Crippen molar-refractivity contribution in [1.82, 2.24) is 0 Å². The molecule has 3 aromatic carbocycles. The van der Waals surface area contributed by atoms with Gasteiger partial charge in [0.25, 0.3) is 5.91 Å². The zero-order valence-corrected chi connectivity index (χ0v) is 18.2. The van der Waals surface area contributed by atoms with Crippen LogP contribution in [0.25, 0.3) is 0 Å². The molecule has 31 heavy (non-hydrogen) atoms. The van der Waals surface area contributed by atoms with Gasteiger partial charge in [-0.2, -0.15) is 0 Å². The van der Waals surface area contributed by atoms with Gasteiger partial charge in [0, 0.05) is 17.3 Å². The number of carbonyl (C=O) groups excluding carboxylic acids is 1. The molecule has 0 saturated heterocycles. The first-order valence-electron chi connectivity index (χ1n) is 10.2. The van der Waals surface area contributed by atoms with Gasteiger partial charge in [0.05, 0.1) is 11.4 Å². The molecule has 1 aliphatic heterocycles. The van der Waals surface area contributed by atoms with Crippen LogP contribution in [0.5, 0.6) is 11.5 Å². The van der Waals surface area contributed by atoms with Gasteiger partial charge in [-0.15, -0.1) is 0 Å². The summed E-state index contributed by atoms with van der Waals surface area (Å²) in [5.41, 5.74) is 2.66. The number of nitrogens with one attached hydrogen (secondary N) is 1. The smallest absolute Gasteiger partial charge is 0.255 e. The van der Waals surface area contributed by atoms with Crippen LogP contribution in [0.3, 0.4) is 0 Å². The number of nitrogens with zero attached hydrogens (tertiary/aromatic N) is 1. The van der Waals surface area contributed by atoms with E-state index in [-0.39, 0.29) is 17.7 Å². The van der Waals surface area contributed by atoms with Gasteiger partial charge in [-0.05, 0) is 80.4 Å². The molecule has 0 radical (unpaired) electrons. The Kier molecular flexibility index (Phi) is 5.69. The predicted octanol–water partition coefficient (Wildman–Crippen LogP) is 4.83. The lowest BCUT2D eigenvalue weighted by Gasteiger charge is -2.23. The van der Waals surface area contributed by atoms with E-state index in [9.17, 15) is 13.2 Å². The molecule has 1 aliphatic rings. The van der Waals surface area contributed by atoms with Gasteiger partial charge in [-0.3, -0.25) is 9.10 Å². The molecule has 160 valence electrons. The maximum absolute atomic E-state index is 12.7. The minimum atomic E-state index is -3.35. The Balaban J connectivity index is 1.47. The highest BCUT2D eigenvalue weighted by Gasteiger charge is 2.34. The standard InChI is InChI=1S/C24H24N2O4S/c1-3-31(28,29)26-17(2)15-19-16-18(9-14-23(19)26)24(27)25-20-10-12-22(13-11-20)30-21-7-5-4-6-8-21/h4-14,16-17H,3,15H2,1-2H3,(H,25,27)/t17-/m0/s1. The molecule has 1 amide bonds. The van der Waals surface area contributed by atoms with Gasteiger partial charge in [0.1, 0.15) is 11.5 Å². The minimum Gasteiger partial charge on any atom is -0.457 e. The summed E-state index contributed by atoms with van der Waals surface area (Å²) >= 11 is 0. The summed E-state index contributed by atoms with van der Waals surface area (Å²) < 4.78 is 32.1. The normalized spacial score (nSPS) is 15.4. The van der Waals surface area contributed by atoms with Crippen molar-refractivity contribution in [3.05, 3.63) is 83.9 Å². The number of hydrogen-bond donors (Lipinski definition) is 1. The maximum atomic E-state index is 12.7. The Morgan fingerprint density at radius 3 is 2.39 bits per heavy atom. The summed E-state index contributed by atoms with van der Waals surface area (Å²) in [7, 11) is -3.35. The SMILES string of the molecule is CCS(=O)(=O)N1c2ccc(C(=O)Nc3ccc(Oc4ccccc4)cc3)cc2C[C@@H]1C. The highest BCUT2D eigenvalue weighted by Crippen LogP contribution is 2.35. The van der Waals surface area contributed by atoms with Crippen molar-refractivity contribution < 1.29 is 17.9 Å². The first kappa shape index (κ1) is 20.9. The Morgan fingerprint density at radius 2 is 1.71 bits per heavy atom. The van der Waals surface area contributed by atoms with E-state index in [4.69, 9.17) is 4.74 Å². The number of amides is 1. The zero-order chi connectivity index (χ0) is 22.0. The molecule has 0 fully saturated rings. The lowest BCUT2D eigenvalue weighted by molar-refractivity contribution is 0.102. The van der Waals surface area contributed by atoms with Crippen molar-refractivity contribution >= 4 is 27.3 Å². The molecule has 4 rings (SSSR count). The molecule has 0 spiro atoms. The molecule has 0 unspecified atom stereocenters. The lowest BCUT2D eigenvalue weighted by Crippen LogP contribution is -2.36. The monoisotopic (exact) mass is 436 g/mol. The fourth-order valence-electron chi connectivity index (χ4n) is 3.74. The number of rotatable bonds is 6. The summed E-state index contributed by atoms with van der Waals surface area (Å²) in [5.74, 6) is 1.21. The van der Waals surface area contributed by atoms with Crippen LogP contribution in [-0.2, 0) is 16.4 Å². The average Bonchev–Trinajstić information content (AvgIpc) is 3.11. The quantitative estimate of drug-likeness (QED) is 0.600. The molecule has 0 aromatic heterocycles. The first-order chi connectivity index (χ1) is 14.9. The number of carbonyl (C=O) groups is 1. The third-order valence-corrected chi connectivity index (χ3v) is 7.14. The first-order valence-corrected chi connectivity index (χ1v) is 11.8. The van der Waals surface area contributed by atoms with Crippen LogP contribution >= 0.6 is 0 Å². The van der Waals surface area contributed by atoms with Crippen LogP contribution in [0.15, 0.2) is 72.8 Å². The topological polar surface area (TPSA) is 75.7 Å². The summed E-state index contributed by atoms with van der Waals surface area (Å²) in [4.78, 5) is 12.7. The number of para-hydroxylation sites is 1. The number of ether oxygens (including phenoxy) is 1. The summed E-state index contributed by atoms with van der Waals surface area (Å²) in [6, 6.07) is 21.6. The lowest BCUT2D eigenvalue weighted by atomic mass is 10.1. The van der Waals surface area contributed by atoms with Crippen molar-refractivity contribution in [2.75, 3.05) is 15.4 Å². The van der Waals surface area contributed by atoms with Gasteiger partial charge in [-0.1, -0.05) is 18.2 Å². The molecule has 3 aromatic rings. The number of sulfonamides is 1. The summed E-state index contributed by atoms with van der Waals surface area (Å²) in [6.07, 6.45) is 0.585. The summed E-state index contributed by atoms with van der Waals surface area (Å²) in [5, 5.41) is 2.88. The Morgan fingerprint density at radius 1 is 1.03 bits per heavy atom. The van der Waals surface area contributed by atoms with E-state index in [1.807, 2.05) is 37.3 Å². The third-order valence-electron chi connectivity index (χ3n) is 5.25. The largest absolute Gasteiger partial charge is 0.457 e. The number of benzene rings is 3. The van der Waals surface area contributed by atoms with E-state index in [1.54, 1.807) is 49.4 Å². The van der Waals surface area contributed by atoms with Crippen molar-refractivity contribution in [1.29, 1.82) is 0 Å². The van der Waals surface area contributed by atoms with Crippen molar-refractivity contribution in [2.24, 2.45) is 0 Å². The highest BCUT2D eigenvalue weighted by molar-refractivity contribution is 7.92. The molecule has 0 aliphatic carbocycles. The van der Waals surface area contributed by atoms with Gasteiger partial charge in [0.2, 0.25) is 10.0 Å². The number of fused-ring (bicyclic) bond motifs is 1. The fourth-order valence-corrected chi connectivity index (χ4v) is 5.12. The highest BCUT2D eigenvalue weighted by atomic mass is 32.2. The van der Waals surface area contributed by atoms with Crippen LogP contribution in [-0.4, -0.2) is 26.1 Å². The average molecular weight is 437 g/mol. The molecule has 6 nitrogen and oxygen atoms in total. The van der Waals surface area contributed by atoms with Gasteiger partial charge >= 0.3 is 0 Å². The van der Waals surface area contributed by atoms with E-state index < -0.39 is 10.0 Å². The van der Waals surface area contributed by atoms with Crippen LogP contribution < -0.4 is 14.4 Å². The van der Waals surface area contributed by atoms with E-state index in [0.717, 1.165) is 11.3 Å². The Hall–Kier alpha value is -3.32. The predicted molar refractivity (Wildman–Crippen MR) is 122 cm³/mol. The second-order valence-corrected chi connectivity index (χ2v) is 9.62.